The number of rotatable bonds is 6. The van der Waals surface area contributed by atoms with Gasteiger partial charge in [0.05, 0.1) is 18.8 Å². The Morgan fingerprint density at radius 3 is 3.06 bits per heavy atom. The van der Waals surface area contributed by atoms with Gasteiger partial charge in [-0.2, -0.15) is 0 Å². The van der Waals surface area contributed by atoms with Crippen molar-refractivity contribution in [2.45, 2.75) is 13.0 Å². The first-order chi connectivity index (χ1) is 8.72. The highest BCUT2D eigenvalue weighted by Crippen LogP contribution is 2.13. The fraction of sp³-hybridized carbons (Fsp3) is 0.364. The lowest BCUT2D eigenvalue weighted by atomic mass is 10.2. The van der Waals surface area contributed by atoms with Crippen molar-refractivity contribution in [3.63, 3.8) is 0 Å². The van der Waals surface area contributed by atoms with E-state index in [0.29, 0.717) is 25.3 Å². The van der Waals surface area contributed by atoms with Crippen LogP contribution in [0, 0.1) is 0 Å². The van der Waals surface area contributed by atoms with Crippen molar-refractivity contribution in [3.8, 4) is 0 Å². The Morgan fingerprint density at radius 1 is 1.61 bits per heavy atom. The minimum atomic E-state index is -1.06. The molecule has 18 heavy (non-hydrogen) atoms. The van der Waals surface area contributed by atoms with Crippen LogP contribution in [0.2, 0.25) is 0 Å². The molecule has 0 fully saturated rings. The molecule has 0 spiro atoms. The van der Waals surface area contributed by atoms with Crippen LogP contribution in [0.3, 0.4) is 0 Å². The Balaban J connectivity index is 2.25. The molecular weight excluding hydrogens is 254 g/mol. The van der Waals surface area contributed by atoms with E-state index in [9.17, 15) is 4.79 Å². The molecule has 2 aromatic heterocycles. The van der Waals surface area contributed by atoms with Gasteiger partial charge in [-0.3, -0.25) is 0 Å². The summed E-state index contributed by atoms with van der Waals surface area (Å²) in [6.45, 7) is 0.981. The van der Waals surface area contributed by atoms with Crippen molar-refractivity contribution < 1.29 is 14.6 Å². The van der Waals surface area contributed by atoms with Gasteiger partial charge in [-0.15, -0.1) is 16.4 Å². The molecule has 0 amide bonds. The van der Waals surface area contributed by atoms with Crippen LogP contribution in [0.1, 0.15) is 21.1 Å². The quantitative estimate of drug-likeness (QED) is 0.853. The molecule has 7 heteroatoms. The highest BCUT2D eigenvalue weighted by atomic mass is 32.1. The topological polar surface area (TPSA) is 77.2 Å². The van der Waals surface area contributed by atoms with Crippen LogP contribution in [-0.2, 0) is 17.7 Å². The second-order valence-electron chi connectivity index (χ2n) is 3.67. The predicted molar refractivity (Wildman–Crippen MR) is 66.0 cm³/mol. The average Bonchev–Trinajstić information content (AvgIpc) is 2.96. The SMILES string of the molecule is COCCc1c(C(=O)O)nnn1Cc1cccs1. The summed E-state index contributed by atoms with van der Waals surface area (Å²) in [5, 5.41) is 18.6. The summed E-state index contributed by atoms with van der Waals surface area (Å²) in [4.78, 5) is 12.2. The second-order valence-corrected chi connectivity index (χ2v) is 4.70. The molecule has 1 N–H and O–H groups in total. The third-order valence-electron chi connectivity index (χ3n) is 2.47. The van der Waals surface area contributed by atoms with E-state index in [4.69, 9.17) is 9.84 Å². The van der Waals surface area contributed by atoms with Crippen molar-refractivity contribution in [3.05, 3.63) is 33.8 Å². The van der Waals surface area contributed by atoms with Crippen molar-refractivity contribution in [1.82, 2.24) is 15.0 Å². The Kier molecular flexibility index (Phi) is 4.06. The molecule has 0 unspecified atom stereocenters. The van der Waals surface area contributed by atoms with Gasteiger partial charge in [-0.25, -0.2) is 9.48 Å². The summed E-state index contributed by atoms with van der Waals surface area (Å²) in [5.74, 6) is -1.06. The molecule has 6 nitrogen and oxygen atoms in total. The number of hydrogen-bond donors (Lipinski definition) is 1. The summed E-state index contributed by atoms with van der Waals surface area (Å²) >= 11 is 1.60. The molecule has 0 atom stereocenters. The zero-order chi connectivity index (χ0) is 13.0. The summed E-state index contributed by atoms with van der Waals surface area (Å²) < 4.78 is 6.60. The van der Waals surface area contributed by atoms with E-state index >= 15 is 0 Å². The summed E-state index contributed by atoms with van der Waals surface area (Å²) in [6, 6.07) is 3.93. The van der Waals surface area contributed by atoms with E-state index in [1.54, 1.807) is 23.1 Å². The fourth-order valence-electron chi connectivity index (χ4n) is 1.62. The third kappa shape index (κ3) is 2.74. The molecule has 2 aromatic rings. The summed E-state index contributed by atoms with van der Waals surface area (Å²) in [7, 11) is 1.58. The number of carbonyl (C=O) groups is 1. The highest BCUT2D eigenvalue weighted by Gasteiger charge is 2.18. The maximum absolute atomic E-state index is 11.0. The van der Waals surface area contributed by atoms with E-state index in [1.165, 1.54) is 0 Å². The van der Waals surface area contributed by atoms with Crippen LogP contribution < -0.4 is 0 Å². The molecule has 0 saturated carbocycles. The molecule has 0 aliphatic carbocycles. The smallest absolute Gasteiger partial charge is 0.358 e. The number of methoxy groups -OCH3 is 1. The number of hydrogen-bond acceptors (Lipinski definition) is 5. The average molecular weight is 267 g/mol. The lowest BCUT2D eigenvalue weighted by Crippen LogP contribution is -2.11. The minimum absolute atomic E-state index is 0.00334. The van der Waals surface area contributed by atoms with E-state index in [2.05, 4.69) is 10.3 Å². The number of nitrogens with zero attached hydrogens (tertiary/aromatic N) is 3. The van der Waals surface area contributed by atoms with Gasteiger partial charge < -0.3 is 9.84 Å². The third-order valence-corrected chi connectivity index (χ3v) is 3.33. The highest BCUT2D eigenvalue weighted by molar-refractivity contribution is 7.09. The van der Waals surface area contributed by atoms with E-state index in [0.717, 1.165) is 4.88 Å². The zero-order valence-corrected chi connectivity index (χ0v) is 10.7. The normalized spacial score (nSPS) is 10.7. The Hall–Kier alpha value is -1.73. The van der Waals surface area contributed by atoms with Gasteiger partial charge in [0.15, 0.2) is 5.69 Å². The number of ether oxygens (including phenoxy) is 1. The first-order valence-corrected chi connectivity index (χ1v) is 6.27. The molecule has 0 aromatic carbocycles. The molecule has 96 valence electrons. The standard InChI is InChI=1S/C11H13N3O3S/c1-17-5-4-9-10(11(15)16)12-13-14(9)7-8-3-2-6-18-8/h2-3,6H,4-5,7H2,1H3,(H,15,16). The first-order valence-electron chi connectivity index (χ1n) is 5.39. The van der Waals surface area contributed by atoms with Crippen molar-refractivity contribution in [2.75, 3.05) is 13.7 Å². The zero-order valence-electron chi connectivity index (χ0n) is 9.87. The Bertz CT molecular complexity index is 522. The van der Waals surface area contributed by atoms with Gasteiger partial charge in [0.1, 0.15) is 0 Å². The van der Waals surface area contributed by atoms with Crippen LogP contribution in [0.4, 0.5) is 0 Å². The largest absolute Gasteiger partial charge is 0.476 e. The second kappa shape index (κ2) is 5.74. The van der Waals surface area contributed by atoms with E-state index < -0.39 is 5.97 Å². The van der Waals surface area contributed by atoms with Gasteiger partial charge in [0.25, 0.3) is 0 Å². The monoisotopic (exact) mass is 267 g/mol. The summed E-state index contributed by atoms with van der Waals surface area (Å²) in [5.41, 5.74) is 0.598. The van der Waals surface area contributed by atoms with Crippen molar-refractivity contribution >= 4 is 17.3 Å². The lowest BCUT2D eigenvalue weighted by Gasteiger charge is -2.05. The molecule has 0 aliphatic rings. The van der Waals surface area contributed by atoms with Gasteiger partial charge in [0, 0.05) is 18.4 Å². The van der Waals surface area contributed by atoms with Crippen LogP contribution in [0.5, 0.6) is 0 Å². The number of aromatic carboxylic acids is 1. The van der Waals surface area contributed by atoms with Gasteiger partial charge in [0.2, 0.25) is 0 Å². The number of carboxylic acid groups (broad SMARTS) is 1. The molecule has 2 rings (SSSR count). The van der Waals surface area contributed by atoms with Crippen molar-refractivity contribution in [1.29, 1.82) is 0 Å². The molecule has 0 bridgehead atoms. The van der Waals surface area contributed by atoms with Gasteiger partial charge >= 0.3 is 5.97 Å². The molecule has 0 aliphatic heterocycles. The number of thiophene rings is 1. The maximum atomic E-state index is 11.0. The number of carboxylic acids is 1. The maximum Gasteiger partial charge on any atom is 0.358 e. The van der Waals surface area contributed by atoms with Gasteiger partial charge in [-0.1, -0.05) is 11.3 Å². The predicted octanol–water partition coefficient (Wildman–Crippen LogP) is 1.27. The molecule has 0 saturated heterocycles. The summed E-state index contributed by atoms with van der Waals surface area (Å²) in [6.07, 6.45) is 0.483. The fourth-order valence-corrected chi connectivity index (χ4v) is 2.31. The van der Waals surface area contributed by atoms with Crippen LogP contribution in [0.15, 0.2) is 17.5 Å². The Labute approximate surface area is 108 Å². The van der Waals surface area contributed by atoms with Gasteiger partial charge in [-0.05, 0) is 11.4 Å². The first kappa shape index (κ1) is 12.7. The molecular formula is C11H13N3O3S. The molecule has 0 radical (unpaired) electrons. The van der Waals surface area contributed by atoms with E-state index in [1.807, 2.05) is 17.5 Å². The van der Waals surface area contributed by atoms with Crippen LogP contribution in [0.25, 0.3) is 0 Å². The Morgan fingerprint density at radius 2 is 2.44 bits per heavy atom. The van der Waals surface area contributed by atoms with Crippen LogP contribution >= 0.6 is 11.3 Å². The van der Waals surface area contributed by atoms with Crippen LogP contribution in [-0.4, -0.2) is 39.8 Å². The lowest BCUT2D eigenvalue weighted by molar-refractivity contribution is 0.0688. The molecule has 2 heterocycles. The number of aromatic nitrogens is 3. The van der Waals surface area contributed by atoms with Crippen molar-refractivity contribution in [2.24, 2.45) is 0 Å². The van der Waals surface area contributed by atoms with E-state index in [-0.39, 0.29) is 5.69 Å². The minimum Gasteiger partial charge on any atom is -0.476 e.